The fourth-order valence-electron chi connectivity index (χ4n) is 0.497. The molecular weight excluding hydrogens is 144 g/mol. The molecule has 11 heavy (non-hydrogen) atoms. The van der Waals surface area contributed by atoms with Crippen LogP contribution in [-0.4, -0.2) is 25.4 Å². The molecular formula is C6H14N4O. The fraction of sp³-hybridized carbons (Fsp3) is 0.667. The molecule has 0 aliphatic carbocycles. The lowest BCUT2D eigenvalue weighted by Crippen LogP contribution is -2.22. The molecule has 0 atom stereocenters. The van der Waals surface area contributed by atoms with Crippen LogP contribution >= 0.6 is 0 Å². The van der Waals surface area contributed by atoms with Gasteiger partial charge in [0.05, 0.1) is 12.3 Å². The van der Waals surface area contributed by atoms with Crippen molar-refractivity contribution in [1.82, 2.24) is 0 Å². The number of hydrogen-bond donors (Lipinski definition) is 2. The van der Waals surface area contributed by atoms with Gasteiger partial charge < -0.3 is 16.2 Å². The van der Waals surface area contributed by atoms with Crippen molar-refractivity contribution in [3.63, 3.8) is 0 Å². The van der Waals surface area contributed by atoms with Gasteiger partial charge in [-0.3, -0.25) is 0 Å². The van der Waals surface area contributed by atoms with Gasteiger partial charge in [-0.1, -0.05) is 6.92 Å². The van der Waals surface area contributed by atoms with Gasteiger partial charge in [0.15, 0.2) is 0 Å². The number of hydrogen-bond acceptors (Lipinski definition) is 3. The van der Waals surface area contributed by atoms with Crippen molar-refractivity contribution in [3.8, 4) is 0 Å². The van der Waals surface area contributed by atoms with Crippen LogP contribution in [0.1, 0.15) is 13.3 Å². The van der Waals surface area contributed by atoms with Gasteiger partial charge in [0, 0.05) is 7.11 Å². The van der Waals surface area contributed by atoms with Gasteiger partial charge in [-0.15, -0.1) is 5.10 Å². The molecule has 0 aliphatic rings. The van der Waals surface area contributed by atoms with Gasteiger partial charge in [0.1, 0.15) is 0 Å². The van der Waals surface area contributed by atoms with Gasteiger partial charge in [0.2, 0.25) is 5.96 Å². The third-order valence-corrected chi connectivity index (χ3v) is 1.03. The van der Waals surface area contributed by atoms with Crippen molar-refractivity contribution in [3.05, 3.63) is 0 Å². The lowest BCUT2D eigenvalue weighted by Gasteiger charge is -1.97. The standard InChI is InChI=1S/C6H14N4O/c1-3-5(4-11-2)9-10-6(7)8/h3-4H2,1-2H3,(H4,7,8,10). The van der Waals surface area contributed by atoms with Gasteiger partial charge in [0.25, 0.3) is 0 Å². The normalized spacial score (nSPS) is 11.3. The third-order valence-electron chi connectivity index (χ3n) is 1.03. The van der Waals surface area contributed by atoms with E-state index >= 15 is 0 Å². The second kappa shape index (κ2) is 5.67. The summed E-state index contributed by atoms with van der Waals surface area (Å²) >= 11 is 0. The second-order valence-corrected chi connectivity index (χ2v) is 1.98. The minimum Gasteiger partial charge on any atom is -0.379 e. The average Bonchev–Trinajstić information content (AvgIpc) is 1.97. The minimum atomic E-state index is -0.0351. The molecule has 4 N–H and O–H groups in total. The van der Waals surface area contributed by atoms with Crippen molar-refractivity contribution < 1.29 is 4.74 Å². The lowest BCUT2D eigenvalue weighted by molar-refractivity contribution is 0.243. The predicted molar refractivity (Wildman–Crippen MR) is 45.4 cm³/mol. The molecule has 0 spiro atoms. The van der Waals surface area contributed by atoms with Crippen LogP contribution in [0.3, 0.4) is 0 Å². The van der Waals surface area contributed by atoms with Crippen LogP contribution in [0.15, 0.2) is 10.2 Å². The Morgan fingerprint density at radius 2 is 2.00 bits per heavy atom. The SMILES string of the molecule is CCC(COC)=NN=C(N)N. The first kappa shape index (κ1) is 9.90. The largest absolute Gasteiger partial charge is 0.379 e. The molecule has 0 rings (SSSR count). The van der Waals surface area contributed by atoms with E-state index in [0.717, 1.165) is 12.1 Å². The van der Waals surface area contributed by atoms with Crippen LogP contribution < -0.4 is 11.5 Å². The molecule has 5 heteroatoms. The summed E-state index contributed by atoms with van der Waals surface area (Å²) in [6.45, 7) is 2.42. The zero-order valence-corrected chi connectivity index (χ0v) is 6.87. The Labute approximate surface area is 66.1 Å². The maximum absolute atomic E-state index is 5.07. The Balaban J connectivity index is 4.00. The first-order valence-corrected chi connectivity index (χ1v) is 3.34. The van der Waals surface area contributed by atoms with E-state index in [1.807, 2.05) is 6.92 Å². The first-order chi connectivity index (χ1) is 5.20. The maximum atomic E-state index is 5.07. The predicted octanol–water partition coefficient (Wildman–Crippen LogP) is -0.328. The third kappa shape index (κ3) is 5.35. The summed E-state index contributed by atoms with van der Waals surface area (Å²) in [7, 11) is 1.60. The van der Waals surface area contributed by atoms with Crippen LogP contribution in [0.25, 0.3) is 0 Å². The summed E-state index contributed by atoms with van der Waals surface area (Å²) in [5.41, 5.74) is 11.0. The lowest BCUT2D eigenvalue weighted by atomic mass is 10.3. The number of nitrogens with zero attached hydrogens (tertiary/aromatic N) is 2. The maximum Gasteiger partial charge on any atom is 0.211 e. The van der Waals surface area contributed by atoms with Gasteiger partial charge in [-0.2, -0.15) is 5.10 Å². The Bertz CT molecular complexity index is 160. The highest BCUT2D eigenvalue weighted by molar-refractivity contribution is 5.86. The van der Waals surface area contributed by atoms with Crippen molar-refractivity contribution in [1.29, 1.82) is 0 Å². The summed E-state index contributed by atoms with van der Waals surface area (Å²) in [4.78, 5) is 0. The smallest absolute Gasteiger partial charge is 0.211 e. The van der Waals surface area contributed by atoms with E-state index in [4.69, 9.17) is 16.2 Å². The van der Waals surface area contributed by atoms with Gasteiger partial charge in [-0.05, 0) is 6.42 Å². The zero-order valence-electron chi connectivity index (χ0n) is 6.87. The van der Waals surface area contributed by atoms with Gasteiger partial charge in [-0.25, -0.2) is 0 Å². The molecule has 0 unspecified atom stereocenters. The first-order valence-electron chi connectivity index (χ1n) is 3.34. The van der Waals surface area contributed by atoms with Crippen molar-refractivity contribution >= 4 is 11.7 Å². The number of rotatable bonds is 4. The van der Waals surface area contributed by atoms with Crippen LogP contribution in [0.5, 0.6) is 0 Å². The molecule has 0 saturated heterocycles. The topological polar surface area (TPSA) is 86.0 Å². The van der Waals surface area contributed by atoms with Crippen LogP contribution in [-0.2, 0) is 4.74 Å². The Morgan fingerprint density at radius 3 is 2.36 bits per heavy atom. The number of guanidine groups is 1. The molecule has 64 valence electrons. The molecule has 0 aliphatic heterocycles. The summed E-state index contributed by atoms with van der Waals surface area (Å²) in [5.74, 6) is -0.0351. The van der Waals surface area contributed by atoms with E-state index in [0.29, 0.717) is 6.61 Å². The summed E-state index contributed by atoms with van der Waals surface area (Å²) in [6, 6.07) is 0. The van der Waals surface area contributed by atoms with Crippen molar-refractivity contribution in [2.24, 2.45) is 21.7 Å². The van der Waals surface area contributed by atoms with E-state index in [1.54, 1.807) is 7.11 Å². The highest BCUT2D eigenvalue weighted by atomic mass is 16.5. The molecule has 0 aromatic carbocycles. The van der Waals surface area contributed by atoms with E-state index in [2.05, 4.69) is 10.2 Å². The van der Waals surface area contributed by atoms with Crippen LogP contribution in [0, 0.1) is 0 Å². The molecule has 0 fully saturated rings. The van der Waals surface area contributed by atoms with Crippen molar-refractivity contribution in [2.45, 2.75) is 13.3 Å². The quantitative estimate of drug-likeness (QED) is 0.334. The Kier molecular flexibility index (Phi) is 5.10. The number of nitrogens with two attached hydrogens (primary N) is 2. The second-order valence-electron chi connectivity index (χ2n) is 1.98. The van der Waals surface area contributed by atoms with E-state index < -0.39 is 0 Å². The molecule has 5 nitrogen and oxygen atoms in total. The fourth-order valence-corrected chi connectivity index (χ4v) is 0.497. The van der Waals surface area contributed by atoms with E-state index in [1.165, 1.54) is 0 Å². The Morgan fingerprint density at radius 1 is 1.36 bits per heavy atom. The molecule has 0 saturated carbocycles. The average molecular weight is 158 g/mol. The van der Waals surface area contributed by atoms with Crippen LogP contribution in [0.4, 0.5) is 0 Å². The van der Waals surface area contributed by atoms with E-state index in [-0.39, 0.29) is 5.96 Å². The number of ether oxygens (including phenoxy) is 1. The molecule has 0 bridgehead atoms. The van der Waals surface area contributed by atoms with Gasteiger partial charge >= 0.3 is 0 Å². The minimum absolute atomic E-state index is 0.0351. The van der Waals surface area contributed by atoms with Crippen molar-refractivity contribution in [2.75, 3.05) is 13.7 Å². The Hall–Kier alpha value is -1.10. The van der Waals surface area contributed by atoms with Crippen LogP contribution in [0.2, 0.25) is 0 Å². The molecule has 0 radical (unpaired) electrons. The van der Waals surface area contributed by atoms with E-state index in [9.17, 15) is 0 Å². The molecule has 0 aromatic heterocycles. The summed E-state index contributed by atoms with van der Waals surface area (Å²) in [5, 5.41) is 7.26. The molecule has 0 amide bonds. The highest BCUT2D eigenvalue weighted by Crippen LogP contribution is 1.87. The molecule has 0 heterocycles. The number of methoxy groups -OCH3 is 1. The molecule has 0 aromatic rings. The zero-order chi connectivity index (χ0) is 8.69. The highest BCUT2D eigenvalue weighted by Gasteiger charge is 1.92. The monoisotopic (exact) mass is 158 g/mol. The summed E-state index contributed by atoms with van der Waals surface area (Å²) in [6.07, 6.45) is 0.782. The summed E-state index contributed by atoms with van der Waals surface area (Å²) < 4.78 is 4.85.